The molecule has 0 spiro atoms. The lowest BCUT2D eigenvalue weighted by atomic mass is 10.2. The van der Waals surface area contributed by atoms with Gasteiger partial charge in [-0.2, -0.15) is 4.31 Å². The van der Waals surface area contributed by atoms with Gasteiger partial charge in [0.2, 0.25) is 21.8 Å². The Bertz CT molecular complexity index is 760. The van der Waals surface area contributed by atoms with Crippen LogP contribution in [0.3, 0.4) is 0 Å². The van der Waals surface area contributed by atoms with Crippen LogP contribution in [0.1, 0.15) is 12.8 Å². The second-order valence-corrected chi connectivity index (χ2v) is 8.22. The lowest BCUT2D eigenvalue weighted by Crippen LogP contribution is -2.54. The maximum Gasteiger partial charge on any atom is 0.245 e. The standard InChI is InChI=1S/C15H18ClN3O4S/c16-11-2-1-3-12(10-11)24(22,23)19-8-6-18(7-9-19)15(21)13-4-5-14(20)17-13/h1-3,10,13H,4-9H2,(H,17,20)/t13-/m0/s1. The second kappa shape index (κ2) is 6.70. The van der Waals surface area contributed by atoms with Crippen LogP contribution in [0.5, 0.6) is 0 Å². The third-order valence-corrected chi connectivity index (χ3v) is 6.41. The van der Waals surface area contributed by atoms with Crippen LogP contribution in [0.2, 0.25) is 5.02 Å². The summed E-state index contributed by atoms with van der Waals surface area (Å²) < 4.78 is 26.6. The first-order valence-electron chi connectivity index (χ1n) is 7.72. The highest BCUT2D eigenvalue weighted by molar-refractivity contribution is 7.89. The van der Waals surface area contributed by atoms with Gasteiger partial charge < -0.3 is 10.2 Å². The number of hydrogen-bond acceptors (Lipinski definition) is 4. The highest BCUT2D eigenvalue weighted by Gasteiger charge is 2.35. The van der Waals surface area contributed by atoms with Gasteiger partial charge in [-0.3, -0.25) is 9.59 Å². The lowest BCUT2D eigenvalue weighted by molar-refractivity contribution is -0.135. The van der Waals surface area contributed by atoms with Crippen molar-refractivity contribution in [3.05, 3.63) is 29.3 Å². The molecule has 2 heterocycles. The number of benzene rings is 1. The van der Waals surface area contributed by atoms with Crippen LogP contribution in [0.4, 0.5) is 0 Å². The largest absolute Gasteiger partial charge is 0.344 e. The van der Waals surface area contributed by atoms with Crippen molar-refractivity contribution in [2.75, 3.05) is 26.2 Å². The van der Waals surface area contributed by atoms with Crippen LogP contribution in [0.25, 0.3) is 0 Å². The Morgan fingerprint density at radius 2 is 1.92 bits per heavy atom. The Morgan fingerprint density at radius 1 is 1.21 bits per heavy atom. The fourth-order valence-electron chi connectivity index (χ4n) is 2.95. The molecule has 1 atom stereocenters. The molecule has 1 N–H and O–H groups in total. The fourth-order valence-corrected chi connectivity index (χ4v) is 4.67. The zero-order chi connectivity index (χ0) is 17.3. The molecule has 3 rings (SSSR count). The maximum atomic E-state index is 12.6. The molecule has 9 heteroatoms. The molecule has 2 amide bonds. The average Bonchev–Trinajstić information content (AvgIpc) is 3.01. The Hall–Kier alpha value is -1.64. The third-order valence-electron chi connectivity index (χ3n) is 4.28. The Balaban J connectivity index is 1.64. The first-order valence-corrected chi connectivity index (χ1v) is 9.53. The smallest absolute Gasteiger partial charge is 0.245 e. The zero-order valence-corrected chi connectivity index (χ0v) is 14.5. The van der Waals surface area contributed by atoms with Crippen LogP contribution >= 0.6 is 11.6 Å². The van der Waals surface area contributed by atoms with E-state index in [-0.39, 0.29) is 29.8 Å². The maximum absolute atomic E-state index is 12.6. The van der Waals surface area contributed by atoms with Crippen LogP contribution in [-0.2, 0) is 19.6 Å². The fraction of sp³-hybridized carbons (Fsp3) is 0.467. The van der Waals surface area contributed by atoms with Crippen LogP contribution in [0, 0.1) is 0 Å². The summed E-state index contributed by atoms with van der Waals surface area (Å²) in [6.45, 7) is 1.07. The summed E-state index contributed by atoms with van der Waals surface area (Å²) in [4.78, 5) is 25.3. The summed E-state index contributed by atoms with van der Waals surface area (Å²) in [5.41, 5.74) is 0. The van der Waals surface area contributed by atoms with E-state index >= 15 is 0 Å². The second-order valence-electron chi connectivity index (χ2n) is 5.85. The number of sulfonamides is 1. The SMILES string of the molecule is O=C1CC[C@@H](C(=O)N2CCN(S(=O)(=O)c3cccc(Cl)c3)CC2)N1. The van der Waals surface area contributed by atoms with Gasteiger partial charge in [0.15, 0.2) is 0 Å². The summed E-state index contributed by atoms with van der Waals surface area (Å²) in [5.74, 6) is -0.254. The van der Waals surface area contributed by atoms with Crippen LogP contribution in [-0.4, -0.2) is 61.7 Å². The Kier molecular flexibility index (Phi) is 4.80. The molecule has 24 heavy (non-hydrogen) atoms. The van der Waals surface area contributed by atoms with Gasteiger partial charge in [-0.1, -0.05) is 17.7 Å². The summed E-state index contributed by atoms with van der Waals surface area (Å²) in [7, 11) is -3.62. The van der Waals surface area contributed by atoms with E-state index in [9.17, 15) is 18.0 Å². The minimum Gasteiger partial charge on any atom is -0.344 e. The zero-order valence-electron chi connectivity index (χ0n) is 12.9. The number of nitrogens with one attached hydrogen (secondary N) is 1. The molecular weight excluding hydrogens is 354 g/mol. The van der Waals surface area contributed by atoms with Gasteiger partial charge in [0.1, 0.15) is 6.04 Å². The molecule has 2 saturated heterocycles. The van der Waals surface area contributed by atoms with Crippen LogP contribution in [0.15, 0.2) is 29.2 Å². The molecular formula is C15H18ClN3O4S. The summed E-state index contributed by atoms with van der Waals surface area (Å²) >= 11 is 5.87. The van der Waals surface area contributed by atoms with Gasteiger partial charge in [0.25, 0.3) is 0 Å². The van der Waals surface area contributed by atoms with Gasteiger partial charge >= 0.3 is 0 Å². The normalized spacial score (nSPS) is 22.5. The minimum absolute atomic E-state index is 0.115. The van der Waals surface area contributed by atoms with Gasteiger partial charge in [-0.05, 0) is 24.6 Å². The molecule has 1 aromatic rings. The molecule has 7 nitrogen and oxygen atoms in total. The van der Waals surface area contributed by atoms with E-state index in [1.807, 2.05) is 0 Å². The molecule has 0 radical (unpaired) electrons. The molecule has 1 aromatic carbocycles. The molecule has 2 aliphatic heterocycles. The third kappa shape index (κ3) is 3.40. The quantitative estimate of drug-likeness (QED) is 0.835. The van der Waals surface area contributed by atoms with Gasteiger partial charge in [-0.25, -0.2) is 8.42 Å². The van der Waals surface area contributed by atoms with Crippen molar-refractivity contribution in [1.29, 1.82) is 0 Å². The van der Waals surface area contributed by atoms with Crippen molar-refractivity contribution >= 4 is 33.4 Å². The average molecular weight is 372 g/mol. The minimum atomic E-state index is -3.62. The summed E-state index contributed by atoms with van der Waals surface area (Å²) in [6, 6.07) is 5.66. The summed E-state index contributed by atoms with van der Waals surface area (Å²) in [5, 5.41) is 3.01. The molecule has 0 saturated carbocycles. The summed E-state index contributed by atoms with van der Waals surface area (Å²) in [6.07, 6.45) is 0.859. The first-order chi connectivity index (χ1) is 11.4. The van der Waals surface area contributed by atoms with E-state index < -0.39 is 16.1 Å². The van der Waals surface area contributed by atoms with Gasteiger partial charge in [-0.15, -0.1) is 0 Å². The number of rotatable bonds is 3. The molecule has 0 bridgehead atoms. The number of carbonyl (C=O) groups is 2. The van der Waals surface area contributed by atoms with Gasteiger partial charge in [0, 0.05) is 37.6 Å². The Labute approximate surface area is 145 Å². The molecule has 0 aromatic heterocycles. The van der Waals surface area contributed by atoms with E-state index in [0.29, 0.717) is 31.0 Å². The van der Waals surface area contributed by atoms with E-state index in [1.165, 1.54) is 16.4 Å². The van der Waals surface area contributed by atoms with Crippen molar-refractivity contribution in [1.82, 2.24) is 14.5 Å². The van der Waals surface area contributed by atoms with Crippen molar-refractivity contribution in [2.24, 2.45) is 0 Å². The van der Waals surface area contributed by atoms with E-state index in [4.69, 9.17) is 11.6 Å². The van der Waals surface area contributed by atoms with Crippen molar-refractivity contribution in [3.63, 3.8) is 0 Å². The molecule has 0 unspecified atom stereocenters. The highest BCUT2D eigenvalue weighted by Crippen LogP contribution is 2.21. The lowest BCUT2D eigenvalue weighted by Gasteiger charge is -2.35. The van der Waals surface area contributed by atoms with Crippen molar-refractivity contribution in [3.8, 4) is 0 Å². The highest BCUT2D eigenvalue weighted by atomic mass is 35.5. The van der Waals surface area contributed by atoms with E-state index in [0.717, 1.165) is 0 Å². The number of carbonyl (C=O) groups excluding carboxylic acids is 2. The first kappa shape index (κ1) is 17.2. The molecule has 130 valence electrons. The van der Waals surface area contributed by atoms with Crippen molar-refractivity contribution in [2.45, 2.75) is 23.8 Å². The number of piperazine rings is 1. The van der Waals surface area contributed by atoms with E-state index in [2.05, 4.69) is 5.32 Å². The molecule has 2 fully saturated rings. The molecule has 2 aliphatic rings. The number of nitrogens with zero attached hydrogens (tertiary/aromatic N) is 2. The Morgan fingerprint density at radius 3 is 2.50 bits per heavy atom. The van der Waals surface area contributed by atoms with Gasteiger partial charge in [0.05, 0.1) is 4.90 Å². The van der Waals surface area contributed by atoms with Crippen molar-refractivity contribution < 1.29 is 18.0 Å². The van der Waals surface area contributed by atoms with Crippen LogP contribution < -0.4 is 5.32 Å². The number of halogens is 1. The number of hydrogen-bond donors (Lipinski definition) is 1. The molecule has 0 aliphatic carbocycles. The predicted octanol–water partition coefficient (Wildman–Crippen LogP) is 0.452. The monoisotopic (exact) mass is 371 g/mol. The number of amides is 2. The topological polar surface area (TPSA) is 86.8 Å². The predicted molar refractivity (Wildman–Crippen MR) is 88.0 cm³/mol. The van der Waals surface area contributed by atoms with E-state index in [1.54, 1.807) is 17.0 Å².